The van der Waals surface area contributed by atoms with Gasteiger partial charge in [0.1, 0.15) is 5.75 Å². The van der Waals surface area contributed by atoms with Gasteiger partial charge in [0, 0.05) is 12.5 Å². The van der Waals surface area contributed by atoms with Crippen LogP contribution in [0.3, 0.4) is 0 Å². The monoisotopic (exact) mass is 341 g/mol. The van der Waals surface area contributed by atoms with Crippen LogP contribution in [0, 0.1) is 0 Å². The number of carboxylic acids is 1. The van der Waals surface area contributed by atoms with E-state index in [4.69, 9.17) is 9.84 Å². The zero-order valence-electron chi connectivity index (χ0n) is 14.5. The standard InChI is InChI=1S/C20H23NO4/c1-14(12-16-4-3-5-18(13-16)25-2)21-19(22)11-8-15-6-9-17(10-7-15)20(23)24/h3-7,9-10,13-14H,8,11-12H2,1-2H3,(H,21,22)(H,23,24). The van der Waals surface area contributed by atoms with E-state index in [1.54, 1.807) is 31.4 Å². The van der Waals surface area contributed by atoms with Crippen LogP contribution in [0.25, 0.3) is 0 Å². The molecule has 25 heavy (non-hydrogen) atoms. The fraction of sp³-hybridized carbons (Fsp3) is 0.300. The normalized spacial score (nSPS) is 11.6. The molecular formula is C20H23NO4. The average Bonchev–Trinajstić information content (AvgIpc) is 2.60. The van der Waals surface area contributed by atoms with Crippen molar-refractivity contribution in [2.75, 3.05) is 7.11 Å². The highest BCUT2D eigenvalue weighted by molar-refractivity contribution is 5.87. The highest BCUT2D eigenvalue weighted by atomic mass is 16.5. The summed E-state index contributed by atoms with van der Waals surface area (Å²) in [7, 11) is 1.63. The first-order valence-electron chi connectivity index (χ1n) is 8.22. The van der Waals surface area contributed by atoms with E-state index in [0.717, 1.165) is 23.3 Å². The lowest BCUT2D eigenvalue weighted by molar-refractivity contribution is -0.121. The fourth-order valence-electron chi connectivity index (χ4n) is 2.62. The summed E-state index contributed by atoms with van der Waals surface area (Å²) in [6.07, 6.45) is 1.68. The first kappa shape index (κ1) is 18.5. The quantitative estimate of drug-likeness (QED) is 0.774. The maximum absolute atomic E-state index is 12.1. The summed E-state index contributed by atoms with van der Waals surface area (Å²) in [5, 5.41) is 11.9. The maximum atomic E-state index is 12.1. The van der Waals surface area contributed by atoms with Gasteiger partial charge in [-0.1, -0.05) is 24.3 Å². The topological polar surface area (TPSA) is 75.6 Å². The predicted molar refractivity (Wildman–Crippen MR) is 96.0 cm³/mol. The molecule has 0 aromatic heterocycles. The Morgan fingerprint density at radius 1 is 1.12 bits per heavy atom. The van der Waals surface area contributed by atoms with Gasteiger partial charge in [0.05, 0.1) is 12.7 Å². The number of ether oxygens (including phenoxy) is 1. The van der Waals surface area contributed by atoms with Gasteiger partial charge in [0.25, 0.3) is 0 Å². The fourth-order valence-corrected chi connectivity index (χ4v) is 2.62. The van der Waals surface area contributed by atoms with Crippen molar-refractivity contribution in [3.63, 3.8) is 0 Å². The molecule has 1 atom stereocenters. The van der Waals surface area contributed by atoms with Gasteiger partial charge < -0.3 is 15.2 Å². The Hall–Kier alpha value is -2.82. The smallest absolute Gasteiger partial charge is 0.335 e. The minimum absolute atomic E-state index is 0.0160. The Labute approximate surface area is 147 Å². The maximum Gasteiger partial charge on any atom is 0.335 e. The van der Waals surface area contributed by atoms with Crippen LogP contribution in [-0.2, 0) is 17.6 Å². The second-order valence-corrected chi connectivity index (χ2v) is 6.03. The molecule has 0 saturated carbocycles. The second kappa shape index (κ2) is 8.87. The largest absolute Gasteiger partial charge is 0.497 e. The van der Waals surface area contributed by atoms with Crippen molar-refractivity contribution >= 4 is 11.9 Å². The number of rotatable bonds is 8. The van der Waals surface area contributed by atoms with Crippen LogP contribution in [0.5, 0.6) is 5.75 Å². The zero-order valence-corrected chi connectivity index (χ0v) is 14.5. The lowest BCUT2D eigenvalue weighted by Crippen LogP contribution is -2.34. The molecule has 2 N–H and O–H groups in total. The van der Waals surface area contributed by atoms with E-state index in [0.29, 0.717) is 12.8 Å². The summed E-state index contributed by atoms with van der Waals surface area (Å²) >= 11 is 0. The highest BCUT2D eigenvalue weighted by Gasteiger charge is 2.09. The summed E-state index contributed by atoms with van der Waals surface area (Å²) in [6, 6.07) is 14.4. The minimum Gasteiger partial charge on any atom is -0.497 e. The lowest BCUT2D eigenvalue weighted by atomic mass is 10.1. The van der Waals surface area contributed by atoms with Gasteiger partial charge in [-0.05, 0) is 55.2 Å². The van der Waals surface area contributed by atoms with Gasteiger partial charge in [-0.15, -0.1) is 0 Å². The molecule has 1 amide bonds. The van der Waals surface area contributed by atoms with Gasteiger partial charge in [-0.25, -0.2) is 4.79 Å². The lowest BCUT2D eigenvalue weighted by Gasteiger charge is -2.14. The molecule has 0 radical (unpaired) electrons. The zero-order chi connectivity index (χ0) is 18.2. The van der Waals surface area contributed by atoms with Crippen LogP contribution in [0.2, 0.25) is 0 Å². The highest BCUT2D eigenvalue weighted by Crippen LogP contribution is 2.14. The van der Waals surface area contributed by atoms with Crippen LogP contribution in [0.15, 0.2) is 48.5 Å². The first-order chi connectivity index (χ1) is 12.0. The van der Waals surface area contributed by atoms with E-state index in [2.05, 4.69) is 5.32 Å². The van der Waals surface area contributed by atoms with Crippen LogP contribution in [0.1, 0.15) is 34.8 Å². The van der Waals surface area contributed by atoms with Gasteiger partial charge in [-0.2, -0.15) is 0 Å². The molecule has 5 heteroatoms. The van der Waals surface area contributed by atoms with E-state index in [-0.39, 0.29) is 17.5 Å². The van der Waals surface area contributed by atoms with Crippen molar-refractivity contribution in [1.82, 2.24) is 5.32 Å². The van der Waals surface area contributed by atoms with E-state index in [1.807, 2.05) is 31.2 Å². The number of aryl methyl sites for hydroxylation is 1. The van der Waals surface area contributed by atoms with E-state index in [9.17, 15) is 9.59 Å². The number of benzene rings is 2. The van der Waals surface area contributed by atoms with Crippen molar-refractivity contribution in [3.8, 4) is 5.75 Å². The number of aromatic carboxylic acids is 1. The Bertz CT molecular complexity index is 725. The molecule has 2 aromatic rings. The minimum atomic E-state index is -0.948. The number of carboxylic acid groups (broad SMARTS) is 1. The van der Waals surface area contributed by atoms with E-state index in [1.165, 1.54) is 0 Å². The number of hydrogen-bond donors (Lipinski definition) is 2. The third-order valence-electron chi connectivity index (χ3n) is 3.93. The Morgan fingerprint density at radius 2 is 1.84 bits per heavy atom. The molecule has 5 nitrogen and oxygen atoms in total. The van der Waals surface area contributed by atoms with Crippen molar-refractivity contribution in [1.29, 1.82) is 0 Å². The molecule has 2 rings (SSSR count). The van der Waals surface area contributed by atoms with E-state index >= 15 is 0 Å². The SMILES string of the molecule is COc1cccc(CC(C)NC(=O)CCc2ccc(C(=O)O)cc2)c1. The number of nitrogens with one attached hydrogen (secondary N) is 1. The number of methoxy groups -OCH3 is 1. The molecule has 2 aromatic carbocycles. The van der Waals surface area contributed by atoms with Crippen molar-refractivity contribution < 1.29 is 19.4 Å². The molecule has 0 saturated heterocycles. The number of hydrogen-bond acceptors (Lipinski definition) is 3. The molecule has 0 fully saturated rings. The van der Waals surface area contributed by atoms with Crippen LogP contribution in [0.4, 0.5) is 0 Å². The number of carbonyl (C=O) groups excluding carboxylic acids is 1. The molecule has 0 aliphatic rings. The molecule has 0 spiro atoms. The Morgan fingerprint density at radius 3 is 2.48 bits per heavy atom. The molecular weight excluding hydrogens is 318 g/mol. The molecule has 0 heterocycles. The third-order valence-corrected chi connectivity index (χ3v) is 3.93. The summed E-state index contributed by atoms with van der Waals surface area (Å²) in [5.74, 6) is -0.158. The summed E-state index contributed by atoms with van der Waals surface area (Å²) in [6.45, 7) is 1.97. The van der Waals surface area contributed by atoms with Crippen LogP contribution in [-0.4, -0.2) is 30.1 Å². The molecule has 0 aliphatic carbocycles. The average molecular weight is 341 g/mol. The molecule has 0 bridgehead atoms. The van der Waals surface area contributed by atoms with Gasteiger partial charge in [0.15, 0.2) is 0 Å². The summed E-state index contributed by atoms with van der Waals surface area (Å²) in [5.41, 5.74) is 2.30. The molecule has 1 unspecified atom stereocenters. The summed E-state index contributed by atoms with van der Waals surface area (Å²) < 4.78 is 5.20. The third kappa shape index (κ3) is 5.95. The molecule has 0 aliphatic heterocycles. The Balaban J connectivity index is 1.79. The van der Waals surface area contributed by atoms with Gasteiger partial charge >= 0.3 is 5.97 Å². The van der Waals surface area contributed by atoms with Gasteiger partial charge in [0.2, 0.25) is 5.91 Å². The van der Waals surface area contributed by atoms with E-state index < -0.39 is 5.97 Å². The van der Waals surface area contributed by atoms with Crippen molar-refractivity contribution in [2.24, 2.45) is 0 Å². The molecule has 132 valence electrons. The van der Waals surface area contributed by atoms with Crippen molar-refractivity contribution in [3.05, 3.63) is 65.2 Å². The Kier molecular flexibility index (Phi) is 6.57. The van der Waals surface area contributed by atoms with Crippen LogP contribution >= 0.6 is 0 Å². The number of carbonyl (C=O) groups is 2. The van der Waals surface area contributed by atoms with Gasteiger partial charge in [-0.3, -0.25) is 4.79 Å². The summed E-state index contributed by atoms with van der Waals surface area (Å²) in [4.78, 5) is 22.9. The second-order valence-electron chi connectivity index (χ2n) is 6.03. The predicted octanol–water partition coefficient (Wildman–Crippen LogP) is 3.07. The first-order valence-corrected chi connectivity index (χ1v) is 8.22. The van der Waals surface area contributed by atoms with Crippen molar-refractivity contribution in [2.45, 2.75) is 32.2 Å². The van der Waals surface area contributed by atoms with Crippen LogP contribution < -0.4 is 10.1 Å². The number of amides is 1.